The van der Waals surface area contributed by atoms with Crippen molar-refractivity contribution in [2.45, 2.75) is 59.0 Å². The molecule has 1 aliphatic carbocycles. The molecule has 0 amide bonds. The summed E-state index contributed by atoms with van der Waals surface area (Å²) < 4.78 is 2.28. The lowest BCUT2D eigenvalue weighted by atomic mass is 9.82. The van der Waals surface area contributed by atoms with Crippen molar-refractivity contribution in [3.63, 3.8) is 0 Å². The summed E-state index contributed by atoms with van der Waals surface area (Å²) in [7, 11) is 0. The monoisotopic (exact) mass is 249 g/mol. The molecule has 0 spiro atoms. The van der Waals surface area contributed by atoms with Crippen molar-refractivity contribution >= 4 is 0 Å². The van der Waals surface area contributed by atoms with Gasteiger partial charge in [0.05, 0.1) is 12.0 Å². The molecule has 3 heteroatoms. The van der Waals surface area contributed by atoms with Crippen LogP contribution in [0, 0.1) is 11.8 Å². The molecule has 2 unspecified atom stereocenters. The molecule has 1 fully saturated rings. The smallest absolute Gasteiger partial charge is 0.0950 e. The van der Waals surface area contributed by atoms with Crippen LogP contribution in [0.15, 0.2) is 12.5 Å². The van der Waals surface area contributed by atoms with Crippen LogP contribution in [-0.4, -0.2) is 16.1 Å². The number of imidazole rings is 1. The van der Waals surface area contributed by atoms with E-state index in [1.165, 1.54) is 37.8 Å². The molecule has 1 saturated carbocycles. The molecule has 1 aromatic rings. The van der Waals surface area contributed by atoms with E-state index in [-0.39, 0.29) is 0 Å². The van der Waals surface area contributed by atoms with E-state index < -0.39 is 0 Å². The first-order valence-corrected chi connectivity index (χ1v) is 7.49. The van der Waals surface area contributed by atoms with Crippen LogP contribution in [0.1, 0.15) is 51.6 Å². The third-order valence-corrected chi connectivity index (χ3v) is 3.93. The molecule has 1 heterocycles. The van der Waals surface area contributed by atoms with Gasteiger partial charge in [-0.2, -0.15) is 0 Å². The van der Waals surface area contributed by atoms with Crippen molar-refractivity contribution in [3.8, 4) is 0 Å². The first kappa shape index (κ1) is 13.6. The number of rotatable bonds is 6. The number of hydrogen-bond donors (Lipinski definition) is 1. The third-order valence-electron chi connectivity index (χ3n) is 3.93. The van der Waals surface area contributed by atoms with Gasteiger partial charge >= 0.3 is 0 Å². The Kier molecular flexibility index (Phi) is 5.24. The van der Waals surface area contributed by atoms with Crippen molar-refractivity contribution in [1.82, 2.24) is 14.9 Å². The van der Waals surface area contributed by atoms with Gasteiger partial charge < -0.3 is 9.88 Å². The van der Waals surface area contributed by atoms with E-state index in [4.69, 9.17) is 0 Å². The van der Waals surface area contributed by atoms with Gasteiger partial charge in [0.1, 0.15) is 0 Å². The summed E-state index contributed by atoms with van der Waals surface area (Å²) in [4.78, 5) is 4.47. The van der Waals surface area contributed by atoms with Gasteiger partial charge in [-0.3, -0.25) is 0 Å². The highest BCUT2D eigenvalue weighted by atomic mass is 15.0. The molecule has 0 aromatic carbocycles. The fourth-order valence-electron chi connectivity index (χ4n) is 3.01. The highest BCUT2D eigenvalue weighted by Gasteiger charge is 2.19. The molecule has 1 aromatic heterocycles. The molecule has 3 nitrogen and oxygen atoms in total. The van der Waals surface area contributed by atoms with Crippen molar-refractivity contribution in [2.24, 2.45) is 11.8 Å². The molecular weight excluding hydrogens is 222 g/mol. The zero-order chi connectivity index (χ0) is 12.8. The van der Waals surface area contributed by atoms with Crippen molar-refractivity contribution in [3.05, 3.63) is 18.2 Å². The summed E-state index contributed by atoms with van der Waals surface area (Å²) in [6.07, 6.45) is 11.0. The molecule has 1 N–H and O–H groups in total. The first-order valence-electron chi connectivity index (χ1n) is 7.49. The van der Waals surface area contributed by atoms with E-state index in [9.17, 15) is 0 Å². The van der Waals surface area contributed by atoms with Gasteiger partial charge in [0.2, 0.25) is 0 Å². The van der Waals surface area contributed by atoms with Gasteiger partial charge in [0, 0.05) is 19.3 Å². The maximum Gasteiger partial charge on any atom is 0.0950 e. The molecule has 2 rings (SSSR count). The lowest BCUT2D eigenvalue weighted by Crippen LogP contribution is -2.18. The van der Waals surface area contributed by atoms with Crippen molar-refractivity contribution in [2.75, 3.05) is 6.54 Å². The molecule has 18 heavy (non-hydrogen) atoms. The van der Waals surface area contributed by atoms with E-state index in [1.807, 2.05) is 6.33 Å². The van der Waals surface area contributed by atoms with Crippen LogP contribution in [0.25, 0.3) is 0 Å². The van der Waals surface area contributed by atoms with Crippen LogP contribution >= 0.6 is 0 Å². The van der Waals surface area contributed by atoms with Crippen molar-refractivity contribution < 1.29 is 0 Å². The fraction of sp³-hybridized carbons (Fsp3) is 0.800. The van der Waals surface area contributed by atoms with E-state index in [1.54, 1.807) is 0 Å². The second-order valence-electron chi connectivity index (χ2n) is 5.88. The minimum atomic E-state index is 0.861. The average molecular weight is 249 g/mol. The number of aromatic nitrogens is 2. The van der Waals surface area contributed by atoms with Crippen LogP contribution < -0.4 is 5.32 Å². The Hall–Kier alpha value is -0.830. The summed E-state index contributed by atoms with van der Waals surface area (Å²) in [6.45, 7) is 7.72. The van der Waals surface area contributed by atoms with Crippen molar-refractivity contribution in [1.29, 1.82) is 0 Å². The molecule has 0 radical (unpaired) electrons. The zero-order valence-corrected chi connectivity index (χ0v) is 11.9. The van der Waals surface area contributed by atoms with E-state index in [0.717, 1.165) is 31.5 Å². The Bertz CT molecular complexity index is 345. The summed E-state index contributed by atoms with van der Waals surface area (Å²) in [5.41, 5.74) is 1.17. The normalized spacial score (nSPS) is 24.3. The minimum absolute atomic E-state index is 0.861. The van der Waals surface area contributed by atoms with Crippen LogP contribution in [-0.2, 0) is 13.1 Å². The largest absolute Gasteiger partial charge is 0.337 e. The first-order chi connectivity index (χ1) is 8.78. The second kappa shape index (κ2) is 6.93. The highest BCUT2D eigenvalue weighted by Crippen LogP contribution is 2.29. The number of hydrogen-bond acceptors (Lipinski definition) is 2. The maximum absolute atomic E-state index is 4.47. The summed E-state index contributed by atoms with van der Waals surface area (Å²) in [5, 5.41) is 3.40. The Labute approximate surface area is 111 Å². The molecule has 0 bridgehead atoms. The Morgan fingerprint density at radius 3 is 3.11 bits per heavy atom. The molecule has 0 saturated heterocycles. The van der Waals surface area contributed by atoms with Crippen LogP contribution in [0.5, 0.6) is 0 Å². The molecule has 102 valence electrons. The molecule has 1 aliphatic rings. The van der Waals surface area contributed by atoms with E-state index >= 15 is 0 Å². The van der Waals surface area contributed by atoms with Gasteiger partial charge in [0.25, 0.3) is 0 Å². The lowest BCUT2D eigenvalue weighted by molar-refractivity contribution is 0.257. The van der Waals surface area contributed by atoms with Crippen LogP contribution in [0.2, 0.25) is 0 Å². The quantitative estimate of drug-likeness (QED) is 0.785. The SMILES string of the molecule is CCCNCc1cn(CC2CCCC(C)C2)cn1. The van der Waals surface area contributed by atoms with Gasteiger partial charge in [-0.15, -0.1) is 0 Å². The average Bonchev–Trinajstić information content (AvgIpc) is 2.77. The maximum atomic E-state index is 4.47. The molecular formula is C15H27N3. The fourth-order valence-corrected chi connectivity index (χ4v) is 3.01. The predicted octanol–water partition coefficient (Wildman–Crippen LogP) is 3.21. The van der Waals surface area contributed by atoms with Gasteiger partial charge in [0.15, 0.2) is 0 Å². The number of nitrogens with one attached hydrogen (secondary N) is 1. The van der Waals surface area contributed by atoms with Crippen LogP contribution in [0.3, 0.4) is 0 Å². The molecule has 0 aliphatic heterocycles. The topological polar surface area (TPSA) is 29.9 Å². The minimum Gasteiger partial charge on any atom is -0.337 e. The second-order valence-corrected chi connectivity index (χ2v) is 5.88. The number of nitrogens with zero attached hydrogens (tertiary/aromatic N) is 2. The third kappa shape index (κ3) is 4.13. The summed E-state index contributed by atoms with van der Waals surface area (Å²) in [5.74, 6) is 1.78. The zero-order valence-electron chi connectivity index (χ0n) is 11.9. The Morgan fingerprint density at radius 1 is 1.44 bits per heavy atom. The lowest BCUT2D eigenvalue weighted by Gasteiger charge is -2.26. The van der Waals surface area contributed by atoms with Gasteiger partial charge in [-0.05, 0) is 37.6 Å². The predicted molar refractivity (Wildman–Crippen MR) is 75.3 cm³/mol. The summed E-state index contributed by atoms with van der Waals surface area (Å²) >= 11 is 0. The van der Waals surface area contributed by atoms with E-state index in [2.05, 4.69) is 34.9 Å². The highest BCUT2D eigenvalue weighted by molar-refractivity contribution is 4.96. The van der Waals surface area contributed by atoms with E-state index in [0.29, 0.717) is 0 Å². The van der Waals surface area contributed by atoms with Gasteiger partial charge in [-0.25, -0.2) is 4.98 Å². The Morgan fingerprint density at radius 2 is 2.33 bits per heavy atom. The standard InChI is InChI=1S/C15H27N3/c1-3-7-16-9-15-11-18(12-17-15)10-14-6-4-5-13(2)8-14/h11-14,16H,3-10H2,1-2H3. The molecule has 2 atom stereocenters. The van der Waals surface area contributed by atoms with Gasteiger partial charge in [-0.1, -0.05) is 26.7 Å². The summed E-state index contributed by atoms with van der Waals surface area (Å²) in [6, 6.07) is 0. The Balaban J connectivity index is 1.78. The van der Waals surface area contributed by atoms with Crippen LogP contribution in [0.4, 0.5) is 0 Å².